The summed E-state index contributed by atoms with van der Waals surface area (Å²) in [5, 5.41) is 18.0. The van der Waals surface area contributed by atoms with Gasteiger partial charge in [-0.05, 0) is 24.6 Å². The van der Waals surface area contributed by atoms with Gasteiger partial charge in [-0.2, -0.15) is 5.26 Å². The van der Waals surface area contributed by atoms with Gasteiger partial charge in [0.1, 0.15) is 11.8 Å². The second-order valence-electron chi connectivity index (χ2n) is 3.57. The Bertz CT molecular complexity index is 518. The maximum absolute atomic E-state index is 9.36. The molecule has 0 aliphatic rings. The van der Waals surface area contributed by atoms with Crippen LogP contribution in [0.1, 0.15) is 24.4 Å². The number of aliphatic hydroxyl groups is 1. The fraction of sp³-hybridized carbons (Fsp3) is 0.154. The lowest BCUT2D eigenvalue weighted by molar-refractivity contribution is 0.199. The van der Waals surface area contributed by atoms with E-state index in [4.69, 9.17) is 9.68 Å². The molecule has 0 amide bonds. The Morgan fingerprint density at radius 1 is 1.19 bits per heavy atom. The van der Waals surface area contributed by atoms with Crippen molar-refractivity contribution in [1.29, 1.82) is 5.26 Å². The van der Waals surface area contributed by atoms with Crippen LogP contribution >= 0.6 is 0 Å². The molecule has 3 heteroatoms. The lowest BCUT2D eigenvalue weighted by atomic mass is 10.1. The highest BCUT2D eigenvalue weighted by Crippen LogP contribution is 2.23. The highest BCUT2D eigenvalue weighted by Gasteiger charge is 2.05. The van der Waals surface area contributed by atoms with Crippen LogP contribution in [0.3, 0.4) is 0 Å². The van der Waals surface area contributed by atoms with Crippen molar-refractivity contribution in [2.24, 2.45) is 0 Å². The van der Waals surface area contributed by atoms with Gasteiger partial charge in [-0.3, -0.25) is 0 Å². The Morgan fingerprint density at radius 3 is 2.38 bits per heavy atom. The first-order chi connectivity index (χ1) is 7.70. The molecule has 0 aliphatic carbocycles. The highest BCUT2D eigenvalue weighted by molar-refractivity contribution is 5.58. The summed E-state index contributed by atoms with van der Waals surface area (Å²) in [6.45, 7) is 1.72. The van der Waals surface area contributed by atoms with E-state index in [1.807, 2.05) is 30.3 Å². The lowest BCUT2D eigenvalue weighted by Crippen LogP contribution is -1.89. The highest BCUT2D eigenvalue weighted by atomic mass is 16.3. The average molecular weight is 213 g/mol. The molecule has 1 aromatic carbocycles. The molecule has 3 nitrogen and oxygen atoms in total. The van der Waals surface area contributed by atoms with Crippen LogP contribution in [0.2, 0.25) is 0 Å². The molecule has 80 valence electrons. The van der Waals surface area contributed by atoms with E-state index in [1.54, 1.807) is 19.1 Å². The molecule has 1 atom stereocenters. The molecule has 2 aromatic rings. The predicted molar refractivity (Wildman–Crippen MR) is 59.5 cm³/mol. The van der Waals surface area contributed by atoms with E-state index in [9.17, 15) is 5.11 Å². The Kier molecular flexibility index (Phi) is 2.76. The van der Waals surface area contributed by atoms with Crippen molar-refractivity contribution in [3.63, 3.8) is 0 Å². The summed E-state index contributed by atoms with van der Waals surface area (Å²) in [6, 6.07) is 12.7. The van der Waals surface area contributed by atoms with Crippen LogP contribution in [0.15, 0.2) is 40.8 Å². The minimum Gasteiger partial charge on any atom is -0.446 e. The van der Waals surface area contributed by atoms with Crippen molar-refractivity contribution in [2.45, 2.75) is 13.0 Å². The Labute approximate surface area is 93.6 Å². The average Bonchev–Trinajstić information content (AvgIpc) is 2.77. The molecular weight excluding hydrogens is 202 g/mol. The van der Waals surface area contributed by atoms with Gasteiger partial charge in [-0.1, -0.05) is 24.3 Å². The lowest BCUT2D eigenvalue weighted by Gasteiger charge is -2.04. The summed E-state index contributed by atoms with van der Waals surface area (Å²) < 4.78 is 5.30. The zero-order chi connectivity index (χ0) is 11.5. The first kappa shape index (κ1) is 10.5. The van der Waals surface area contributed by atoms with E-state index in [2.05, 4.69) is 0 Å². The van der Waals surface area contributed by atoms with Crippen molar-refractivity contribution in [3.8, 4) is 17.4 Å². The van der Waals surface area contributed by atoms with E-state index >= 15 is 0 Å². The first-order valence-corrected chi connectivity index (χ1v) is 4.99. The van der Waals surface area contributed by atoms with Crippen molar-refractivity contribution < 1.29 is 9.52 Å². The SMILES string of the molecule is CC(O)c1ccc(-c2ccc(C#N)o2)cc1. The number of furan rings is 1. The van der Waals surface area contributed by atoms with Gasteiger partial charge in [0, 0.05) is 5.56 Å². The molecule has 0 aliphatic heterocycles. The summed E-state index contributed by atoms with van der Waals surface area (Å²) in [7, 11) is 0. The van der Waals surface area contributed by atoms with E-state index in [0.29, 0.717) is 11.5 Å². The van der Waals surface area contributed by atoms with E-state index in [1.165, 1.54) is 0 Å². The van der Waals surface area contributed by atoms with Crippen LogP contribution in [0.5, 0.6) is 0 Å². The number of benzene rings is 1. The third kappa shape index (κ3) is 1.97. The van der Waals surface area contributed by atoms with Gasteiger partial charge in [0.25, 0.3) is 0 Å². The summed E-state index contributed by atoms with van der Waals surface area (Å²) in [4.78, 5) is 0. The fourth-order valence-corrected chi connectivity index (χ4v) is 1.48. The topological polar surface area (TPSA) is 57.2 Å². The quantitative estimate of drug-likeness (QED) is 0.834. The van der Waals surface area contributed by atoms with E-state index in [-0.39, 0.29) is 0 Å². The molecule has 16 heavy (non-hydrogen) atoms. The number of hydrogen-bond acceptors (Lipinski definition) is 3. The largest absolute Gasteiger partial charge is 0.446 e. The van der Waals surface area contributed by atoms with Crippen molar-refractivity contribution >= 4 is 0 Å². The molecule has 0 bridgehead atoms. The van der Waals surface area contributed by atoms with Gasteiger partial charge in [0.2, 0.25) is 5.76 Å². The third-order valence-electron chi connectivity index (χ3n) is 2.39. The summed E-state index contributed by atoms with van der Waals surface area (Å²) in [5.74, 6) is 0.961. The standard InChI is InChI=1S/C13H11NO2/c1-9(15)10-2-4-11(5-3-10)13-7-6-12(8-14)16-13/h2-7,9,15H,1H3. The normalized spacial score (nSPS) is 12.1. The van der Waals surface area contributed by atoms with E-state index in [0.717, 1.165) is 11.1 Å². The molecule has 0 spiro atoms. The third-order valence-corrected chi connectivity index (χ3v) is 2.39. The zero-order valence-corrected chi connectivity index (χ0v) is 8.84. The molecule has 2 rings (SSSR count). The van der Waals surface area contributed by atoms with Gasteiger partial charge in [-0.25, -0.2) is 0 Å². The van der Waals surface area contributed by atoms with E-state index < -0.39 is 6.10 Å². The Hall–Kier alpha value is -2.05. The molecule has 0 fully saturated rings. The second kappa shape index (κ2) is 4.21. The second-order valence-corrected chi connectivity index (χ2v) is 3.57. The summed E-state index contributed by atoms with van der Waals surface area (Å²) in [6.07, 6.45) is -0.472. The van der Waals surface area contributed by atoms with Gasteiger partial charge >= 0.3 is 0 Å². The Morgan fingerprint density at radius 2 is 1.88 bits per heavy atom. The monoisotopic (exact) mass is 213 g/mol. The number of nitrogens with zero attached hydrogens (tertiary/aromatic N) is 1. The summed E-state index contributed by atoms with van der Waals surface area (Å²) in [5.41, 5.74) is 1.75. The van der Waals surface area contributed by atoms with Crippen molar-refractivity contribution in [3.05, 3.63) is 47.7 Å². The minimum atomic E-state index is -0.472. The van der Waals surface area contributed by atoms with Gasteiger partial charge in [0.05, 0.1) is 6.10 Å². The number of nitriles is 1. The van der Waals surface area contributed by atoms with Crippen LogP contribution in [-0.4, -0.2) is 5.11 Å². The molecular formula is C13H11NO2. The molecule has 1 heterocycles. The zero-order valence-electron chi connectivity index (χ0n) is 8.84. The Balaban J connectivity index is 2.31. The number of hydrogen-bond donors (Lipinski definition) is 1. The minimum absolute atomic E-state index is 0.301. The van der Waals surface area contributed by atoms with Gasteiger partial charge in [-0.15, -0.1) is 0 Å². The molecule has 0 saturated carbocycles. The van der Waals surface area contributed by atoms with Gasteiger partial charge in [0.15, 0.2) is 0 Å². The fourth-order valence-electron chi connectivity index (χ4n) is 1.48. The first-order valence-electron chi connectivity index (χ1n) is 4.99. The number of rotatable bonds is 2. The van der Waals surface area contributed by atoms with Gasteiger partial charge < -0.3 is 9.52 Å². The molecule has 0 radical (unpaired) electrons. The predicted octanol–water partition coefficient (Wildman–Crippen LogP) is 2.87. The van der Waals surface area contributed by atoms with Crippen LogP contribution in [0, 0.1) is 11.3 Å². The maximum Gasteiger partial charge on any atom is 0.204 e. The molecule has 0 saturated heterocycles. The molecule has 1 aromatic heterocycles. The van der Waals surface area contributed by atoms with Crippen LogP contribution in [0.25, 0.3) is 11.3 Å². The van der Waals surface area contributed by atoms with Crippen LogP contribution in [0.4, 0.5) is 0 Å². The molecule has 1 N–H and O–H groups in total. The smallest absolute Gasteiger partial charge is 0.204 e. The summed E-state index contributed by atoms with van der Waals surface area (Å²) >= 11 is 0. The van der Waals surface area contributed by atoms with Crippen molar-refractivity contribution in [1.82, 2.24) is 0 Å². The van der Waals surface area contributed by atoms with Crippen LogP contribution < -0.4 is 0 Å². The molecule has 1 unspecified atom stereocenters. The maximum atomic E-state index is 9.36. The van der Waals surface area contributed by atoms with Crippen LogP contribution in [-0.2, 0) is 0 Å². The number of aliphatic hydroxyl groups excluding tert-OH is 1. The van der Waals surface area contributed by atoms with Crippen molar-refractivity contribution in [2.75, 3.05) is 0 Å².